The first-order chi connectivity index (χ1) is 9.84. The molecule has 0 unspecified atom stereocenters. The summed E-state index contributed by atoms with van der Waals surface area (Å²) in [7, 11) is 0. The molecule has 0 bridgehead atoms. The third kappa shape index (κ3) is 1.50. The number of pyridine rings is 1. The van der Waals surface area contributed by atoms with Gasteiger partial charge in [-0.1, -0.05) is 24.3 Å². The Labute approximate surface area is 115 Å². The third-order valence-corrected chi connectivity index (χ3v) is 3.54. The first kappa shape index (κ1) is 11.1. The number of rotatable bonds is 1. The molecule has 0 atom stereocenters. The van der Waals surface area contributed by atoms with E-state index in [0.717, 1.165) is 27.6 Å². The summed E-state index contributed by atoms with van der Waals surface area (Å²) < 4.78 is 2.07. The first-order valence-corrected chi connectivity index (χ1v) is 6.48. The van der Waals surface area contributed by atoms with E-state index in [0.29, 0.717) is 0 Å². The molecule has 20 heavy (non-hydrogen) atoms. The van der Waals surface area contributed by atoms with E-state index < -0.39 is 0 Å². The third-order valence-electron chi connectivity index (χ3n) is 3.54. The standard InChI is InChI=1S/C17H12N2O/c20-12-8-9-14-13-5-1-2-6-15(13)19(16(14)11-12)17-7-3-4-10-18-17/h1-11,20H. The van der Waals surface area contributed by atoms with Crippen LogP contribution in [-0.2, 0) is 0 Å². The molecular weight excluding hydrogens is 248 g/mol. The summed E-state index contributed by atoms with van der Waals surface area (Å²) >= 11 is 0. The Morgan fingerprint density at radius 1 is 0.800 bits per heavy atom. The molecule has 1 N–H and O–H groups in total. The van der Waals surface area contributed by atoms with Gasteiger partial charge < -0.3 is 5.11 Å². The van der Waals surface area contributed by atoms with Crippen molar-refractivity contribution in [3.8, 4) is 11.6 Å². The Morgan fingerprint density at radius 2 is 1.60 bits per heavy atom. The Kier molecular flexibility index (Phi) is 2.27. The Hall–Kier alpha value is -2.81. The maximum absolute atomic E-state index is 9.79. The van der Waals surface area contributed by atoms with E-state index in [4.69, 9.17) is 0 Å². The van der Waals surface area contributed by atoms with Crippen molar-refractivity contribution in [2.75, 3.05) is 0 Å². The van der Waals surface area contributed by atoms with Gasteiger partial charge in [-0.15, -0.1) is 0 Å². The summed E-state index contributed by atoms with van der Waals surface area (Å²) in [6.45, 7) is 0. The number of benzene rings is 2. The summed E-state index contributed by atoms with van der Waals surface area (Å²) in [5.41, 5.74) is 2.05. The van der Waals surface area contributed by atoms with Gasteiger partial charge in [0, 0.05) is 23.0 Å². The predicted molar refractivity (Wildman–Crippen MR) is 80.2 cm³/mol. The predicted octanol–water partition coefficient (Wildman–Crippen LogP) is 3.88. The Morgan fingerprint density at radius 3 is 2.45 bits per heavy atom. The summed E-state index contributed by atoms with van der Waals surface area (Å²) in [6, 6.07) is 19.5. The summed E-state index contributed by atoms with van der Waals surface area (Å²) in [5.74, 6) is 1.11. The number of phenols is 1. The first-order valence-electron chi connectivity index (χ1n) is 6.48. The molecule has 2 aromatic carbocycles. The van der Waals surface area contributed by atoms with Crippen LogP contribution in [0.15, 0.2) is 66.9 Å². The van der Waals surface area contributed by atoms with Crippen molar-refractivity contribution in [3.63, 3.8) is 0 Å². The number of aromatic hydroxyl groups is 1. The van der Waals surface area contributed by atoms with Crippen molar-refractivity contribution in [2.24, 2.45) is 0 Å². The fourth-order valence-corrected chi connectivity index (χ4v) is 2.69. The second-order valence-corrected chi connectivity index (χ2v) is 4.74. The van der Waals surface area contributed by atoms with Crippen molar-refractivity contribution >= 4 is 21.8 Å². The number of phenolic OH excluding ortho intramolecular Hbond substituents is 1. The topological polar surface area (TPSA) is 38.0 Å². The second-order valence-electron chi connectivity index (χ2n) is 4.74. The quantitative estimate of drug-likeness (QED) is 0.564. The van der Waals surface area contributed by atoms with Crippen LogP contribution in [0.3, 0.4) is 0 Å². The van der Waals surface area contributed by atoms with Gasteiger partial charge in [-0.2, -0.15) is 0 Å². The molecule has 0 aliphatic carbocycles. The van der Waals surface area contributed by atoms with Gasteiger partial charge in [0.25, 0.3) is 0 Å². The summed E-state index contributed by atoms with van der Waals surface area (Å²) in [4.78, 5) is 4.43. The van der Waals surface area contributed by atoms with Gasteiger partial charge >= 0.3 is 0 Å². The smallest absolute Gasteiger partial charge is 0.137 e. The maximum atomic E-state index is 9.79. The van der Waals surface area contributed by atoms with Crippen LogP contribution in [-0.4, -0.2) is 14.7 Å². The molecule has 4 rings (SSSR count). The van der Waals surface area contributed by atoms with Crippen molar-refractivity contribution < 1.29 is 5.11 Å². The van der Waals surface area contributed by atoms with E-state index in [9.17, 15) is 5.11 Å². The van der Waals surface area contributed by atoms with Crippen molar-refractivity contribution in [1.82, 2.24) is 9.55 Å². The molecule has 0 amide bonds. The molecule has 3 heteroatoms. The van der Waals surface area contributed by atoms with E-state index in [2.05, 4.69) is 21.7 Å². The van der Waals surface area contributed by atoms with Gasteiger partial charge in [0.05, 0.1) is 11.0 Å². The molecule has 0 saturated carbocycles. The monoisotopic (exact) mass is 260 g/mol. The molecule has 2 heterocycles. The van der Waals surface area contributed by atoms with Gasteiger partial charge in [-0.25, -0.2) is 4.98 Å². The lowest BCUT2D eigenvalue weighted by Crippen LogP contribution is -1.95. The highest BCUT2D eigenvalue weighted by molar-refractivity contribution is 6.09. The van der Waals surface area contributed by atoms with Gasteiger partial charge in [-0.3, -0.25) is 4.57 Å². The van der Waals surface area contributed by atoms with Crippen LogP contribution in [0.25, 0.3) is 27.6 Å². The Bertz CT molecular complexity index is 910. The zero-order valence-corrected chi connectivity index (χ0v) is 10.7. The lowest BCUT2D eigenvalue weighted by atomic mass is 10.1. The van der Waals surface area contributed by atoms with Crippen LogP contribution in [0.5, 0.6) is 5.75 Å². The van der Waals surface area contributed by atoms with Gasteiger partial charge in [0.2, 0.25) is 0 Å². The molecule has 3 nitrogen and oxygen atoms in total. The van der Waals surface area contributed by atoms with Crippen LogP contribution < -0.4 is 0 Å². The van der Waals surface area contributed by atoms with Gasteiger partial charge in [0.1, 0.15) is 11.6 Å². The van der Waals surface area contributed by atoms with E-state index in [1.54, 1.807) is 18.3 Å². The lowest BCUT2D eigenvalue weighted by molar-refractivity contribution is 0.476. The largest absolute Gasteiger partial charge is 0.508 e. The number of para-hydroxylation sites is 1. The Balaban J connectivity index is 2.23. The molecule has 0 aliphatic rings. The zero-order chi connectivity index (χ0) is 13.5. The van der Waals surface area contributed by atoms with Crippen LogP contribution in [0, 0.1) is 0 Å². The molecule has 4 aromatic rings. The molecule has 96 valence electrons. The fraction of sp³-hybridized carbons (Fsp3) is 0. The normalized spacial score (nSPS) is 11.2. The van der Waals surface area contributed by atoms with Gasteiger partial charge in [0.15, 0.2) is 0 Å². The van der Waals surface area contributed by atoms with Crippen molar-refractivity contribution in [2.45, 2.75) is 0 Å². The molecule has 2 aromatic heterocycles. The minimum atomic E-state index is 0.262. The number of hydrogen-bond acceptors (Lipinski definition) is 2. The highest BCUT2D eigenvalue weighted by Gasteiger charge is 2.12. The average molecular weight is 260 g/mol. The molecule has 0 spiro atoms. The minimum absolute atomic E-state index is 0.262. The number of hydrogen-bond donors (Lipinski definition) is 1. The zero-order valence-electron chi connectivity index (χ0n) is 10.7. The molecule has 0 fully saturated rings. The summed E-state index contributed by atoms with van der Waals surface area (Å²) in [5, 5.41) is 12.1. The van der Waals surface area contributed by atoms with Crippen LogP contribution in [0.4, 0.5) is 0 Å². The molecule has 0 saturated heterocycles. The van der Waals surface area contributed by atoms with E-state index in [1.807, 2.05) is 36.4 Å². The average Bonchev–Trinajstić information content (AvgIpc) is 2.81. The second kappa shape index (κ2) is 4.10. The molecule has 0 radical (unpaired) electrons. The minimum Gasteiger partial charge on any atom is -0.508 e. The molecular formula is C17H12N2O. The van der Waals surface area contributed by atoms with E-state index in [1.165, 1.54) is 0 Å². The summed E-state index contributed by atoms with van der Waals surface area (Å²) in [6.07, 6.45) is 1.78. The van der Waals surface area contributed by atoms with Crippen LogP contribution in [0.1, 0.15) is 0 Å². The van der Waals surface area contributed by atoms with Crippen molar-refractivity contribution in [3.05, 3.63) is 66.9 Å². The van der Waals surface area contributed by atoms with Crippen LogP contribution in [0.2, 0.25) is 0 Å². The molecule has 0 aliphatic heterocycles. The number of fused-ring (bicyclic) bond motifs is 3. The van der Waals surface area contributed by atoms with Crippen LogP contribution >= 0.6 is 0 Å². The van der Waals surface area contributed by atoms with Crippen molar-refractivity contribution in [1.29, 1.82) is 0 Å². The van der Waals surface area contributed by atoms with E-state index >= 15 is 0 Å². The highest BCUT2D eigenvalue weighted by Crippen LogP contribution is 2.32. The fourth-order valence-electron chi connectivity index (χ4n) is 2.69. The SMILES string of the molecule is Oc1ccc2c3ccccc3n(-c3ccccn3)c2c1. The highest BCUT2D eigenvalue weighted by atomic mass is 16.3. The van der Waals surface area contributed by atoms with Gasteiger partial charge in [-0.05, 0) is 30.3 Å². The van der Waals surface area contributed by atoms with E-state index in [-0.39, 0.29) is 5.75 Å². The lowest BCUT2D eigenvalue weighted by Gasteiger charge is -2.06. The maximum Gasteiger partial charge on any atom is 0.137 e. The number of aromatic nitrogens is 2. The number of nitrogens with zero attached hydrogens (tertiary/aromatic N) is 2.